The van der Waals surface area contributed by atoms with Gasteiger partial charge in [-0.2, -0.15) is 0 Å². The lowest BCUT2D eigenvalue weighted by Gasteiger charge is -2.42. The van der Waals surface area contributed by atoms with Crippen molar-refractivity contribution in [1.29, 1.82) is 0 Å². The zero-order valence-corrected chi connectivity index (χ0v) is 54.1. The van der Waals surface area contributed by atoms with E-state index >= 15 is 0 Å². The molecule has 8 bridgehead atoms. The van der Waals surface area contributed by atoms with Crippen molar-refractivity contribution in [2.45, 2.75) is 212 Å². The molecule has 0 amide bonds. The number of methoxy groups -OCH3 is 2. The molecule has 87 heavy (non-hydrogen) atoms. The predicted molar refractivity (Wildman–Crippen MR) is 304 cm³/mol. The van der Waals surface area contributed by atoms with Crippen molar-refractivity contribution in [3.63, 3.8) is 0 Å². The summed E-state index contributed by atoms with van der Waals surface area (Å²) in [7, 11) is 2.97. The van der Waals surface area contributed by atoms with Gasteiger partial charge < -0.3 is 42.6 Å². The molecule has 4 aliphatic heterocycles. The van der Waals surface area contributed by atoms with Gasteiger partial charge in [-0.05, 0) is 183 Å². The van der Waals surface area contributed by atoms with Crippen LogP contribution < -0.4 is 0 Å². The van der Waals surface area contributed by atoms with Crippen LogP contribution in [0.15, 0.2) is 0 Å². The van der Waals surface area contributed by atoms with Crippen molar-refractivity contribution in [2.75, 3.05) is 14.2 Å². The van der Waals surface area contributed by atoms with Crippen LogP contribution in [0.25, 0.3) is 0 Å². The molecule has 0 radical (unpaired) electrons. The van der Waals surface area contributed by atoms with Crippen molar-refractivity contribution >= 4 is 71.6 Å². The maximum absolute atomic E-state index is 12.4. The van der Waals surface area contributed by atoms with Gasteiger partial charge in [0, 0.05) is 37.2 Å². The Morgan fingerprint density at radius 3 is 1.46 bits per heavy atom. The number of carbonyl (C=O) groups excluding carboxylic acids is 12. The fraction of sp³-hybridized carbons (Fsp3) is 0.818. The Bertz CT molecular complexity index is 2830. The smallest absolute Gasteiger partial charge is 0.321 e. The normalized spacial score (nSPS) is 39.2. The van der Waals surface area contributed by atoms with Gasteiger partial charge in [-0.15, -0.1) is 0 Å². The second kappa shape index (κ2) is 24.0. The van der Waals surface area contributed by atoms with E-state index in [1.807, 2.05) is 90.0 Å². The third-order valence-electron chi connectivity index (χ3n) is 24.2. The number of hydrogen-bond acceptors (Lipinski definition) is 21. The molecular formula is C66H94O21. The van der Waals surface area contributed by atoms with Gasteiger partial charge in [0.1, 0.15) is 18.3 Å². The van der Waals surface area contributed by atoms with Crippen LogP contribution in [0, 0.1) is 115 Å². The highest BCUT2D eigenvalue weighted by molar-refractivity contribution is 6.03. The van der Waals surface area contributed by atoms with Gasteiger partial charge in [-0.3, -0.25) is 57.5 Å². The first-order valence-corrected chi connectivity index (χ1v) is 31.7. The largest absolute Gasteiger partial charge is 0.469 e. The topological polar surface area (TPSA) is 288 Å². The molecule has 20 atom stereocenters. The third-order valence-corrected chi connectivity index (χ3v) is 24.2. The van der Waals surface area contributed by atoms with E-state index in [9.17, 15) is 57.5 Å². The van der Waals surface area contributed by atoms with Crippen molar-refractivity contribution in [3.05, 3.63) is 0 Å². The van der Waals surface area contributed by atoms with Crippen LogP contribution in [-0.2, 0) is 100 Å². The zero-order valence-electron chi connectivity index (χ0n) is 54.1. The van der Waals surface area contributed by atoms with Crippen LogP contribution in [0.3, 0.4) is 0 Å². The lowest BCUT2D eigenvalue weighted by Crippen LogP contribution is -2.51. The van der Waals surface area contributed by atoms with E-state index in [1.54, 1.807) is 21.0 Å². The monoisotopic (exact) mass is 1220 g/mol. The molecule has 0 N–H and O–H groups in total. The van der Waals surface area contributed by atoms with Gasteiger partial charge in [-0.25, -0.2) is 0 Å². The molecule has 21 nitrogen and oxygen atoms in total. The number of ether oxygens (including phenoxy) is 9. The molecule has 4 saturated heterocycles. The van der Waals surface area contributed by atoms with E-state index in [-0.39, 0.29) is 107 Å². The van der Waals surface area contributed by atoms with E-state index < -0.39 is 86.2 Å². The average Bonchev–Trinajstić information content (AvgIpc) is 1.53. The lowest BCUT2D eigenvalue weighted by atomic mass is 9.58. The molecule has 8 saturated carbocycles. The number of fused-ring (bicyclic) bond motifs is 20. The molecule has 0 aromatic heterocycles. The number of esters is 12. The minimum atomic E-state index is -0.867. The third kappa shape index (κ3) is 11.2. The van der Waals surface area contributed by atoms with Crippen LogP contribution in [0.2, 0.25) is 0 Å². The minimum absolute atomic E-state index is 0.0454. The molecule has 20 unspecified atom stereocenters. The maximum Gasteiger partial charge on any atom is 0.321 e. The Hall–Kier alpha value is -5.60. The summed E-state index contributed by atoms with van der Waals surface area (Å²) >= 11 is 0. The standard InChI is InChI=1S/C17H24O5.C16H22O6.C16H22O5.C10H12O3.C7H14O2/c1-6-15(2,3)12(18)21-11-8-9-7-10(11)17(5)14(20)22-13(19)16(9,17)4;1-5-16(2,3)15(19)21-12-8-6-7(11(12)20-4)9-10(8)14(18)22-13(9)17;1-5-15(2,3)13(18)20-10-7-8-6-9(10)16(4)11(8)12(17)21-14(16)19;11-8-4-7-5-1-2-6(3-5)9(7)10(12)13-8;1-5-7(2,3)6(8)9-4/h9-11H,6-8H2,1-5H3;7-12H,5-6H2,1-4H3;8-11H,5-7H2,1-4H3;5-7,9H,1-4H2;5H2,1-4H3. The fourth-order valence-electron chi connectivity index (χ4n) is 16.7. The van der Waals surface area contributed by atoms with Crippen molar-refractivity contribution < 1.29 is 100 Å². The summed E-state index contributed by atoms with van der Waals surface area (Å²) in [5.41, 5.74) is -4.37. The molecule has 0 aromatic carbocycles. The first-order chi connectivity index (χ1) is 40.4. The molecule has 0 spiro atoms. The van der Waals surface area contributed by atoms with Gasteiger partial charge in [0.25, 0.3) is 0 Å². The van der Waals surface area contributed by atoms with E-state index in [1.165, 1.54) is 13.5 Å². The van der Waals surface area contributed by atoms with Crippen molar-refractivity contribution in [2.24, 2.45) is 115 Å². The first-order valence-electron chi connectivity index (χ1n) is 31.7. The molecule has 12 aliphatic rings. The Kier molecular flexibility index (Phi) is 18.6. The van der Waals surface area contributed by atoms with Gasteiger partial charge in [0.15, 0.2) is 0 Å². The zero-order chi connectivity index (χ0) is 64.8. The fourth-order valence-corrected chi connectivity index (χ4v) is 16.7. The van der Waals surface area contributed by atoms with Gasteiger partial charge >= 0.3 is 71.6 Å². The highest BCUT2D eigenvalue weighted by atomic mass is 16.6. The summed E-state index contributed by atoms with van der Waals surface area (Å²) in [5.74, 6) is -4.14. The number of carbonyl (C=O) groups is 12. The van der Waals surface area contributed by atoms with Crippen LogP contribution in [0.4, 0.5) is 0 Å². The van der Waals surface area contributed by atoms with Crippen molar-refractivity contribution in [3.8, 4) is 0 Å². The number of cyclic esters (lactones) is 8. The molecular weight excluding hydrogens is 1130 g/mol. The highest BCUT2D eigenvalue weighted by Crippen LogP contribution is 2.70. The molecule has 4 heterocycles. The van der Waals surface area contributed by atoms with E-state index in [4.69, 9.17) is 33.2 Å². The summed E-state index contributed by atoms with van der Waals surface area (Å²) in [5, 5.41) is 0. The summed E-state index contributed by atoms with van der Waals surface area (Å²) < 4.78 is 46.4. The average molecular weight is 1220 g/mol. The van der Waals surface area contributed by atoms with Crippen LogP contribution in [0.5, 0.6) is 0 Å². The first kappa shape index (κ1) is 67.3. The molecule has 8 aliphatic carbocycles. The Morgan fingerprint density at radius 2 is 0.943 bits per heavy atom. The second-order valence-electron chi connectivity index (χ2n) is 29.9. The molecule has 12 fully saturated rings. The Morgan fingerprint density at radius 1 is 0.460 bits per heavy atom. The molecule has 21 heteroatoms. The van der Waals surface area contributed by atoms with Gasteiger partial charge in [0.05, 0.1) is 74.8 Å². The van der Waals surface area contributed by atoms with Crippen LogP contribution >= 0.6 is 0 Å². The lowest BCUT2D eigenvalue weighted by molar-refractivity contribution is -0.176. The highest BCUT2D eigenvalue weighted by Gasteiger charge is 2.78. The molecule has 484 valence electrons. The SMILES string of the molecule is CCC(C)(C)C(=O)OC.CCC(C)(C)C(=O)OC1C2CC(C1OC)C1C(=O)OC(=O)C21.CCC(C)(C)C(=O)OC1CC2CC1C1(C)C(=O)OC(=O)C21.CCC(C)(C)C(=O)OC1CC2CC1C1(C)C(=O)OC(=O)C21C.O=C1CC2C3CCC(C3)C2C(=O)O1. The summed E-state index contributed by atoms with van der Waals surface area (Å²) in [4.78, 5) is 142. The molecule has 12 rings (SSSR count). The Labute approximate surface area is 510 Å². The maximum atomic E-state index is 12.4. The van der Waals surface area contributed by atoms with Crippen molar-refractivity contribution in [1.82, 2.24) is 0 Å². The van der Waals surface area contributed by atoms with E-state index in [0.29, 0.717) is 62.7 Å². The van der Waals surface area contributed by atoms with E-state index in [0.717, 1.165) is 32.1 Å². The minimum Gasteiger partial charge on any atom is -0.469 e. The van der Waals surface area contributed by atoms with E-state index in [2.05, 4.69) is 9.47 Å². The van der Waals surface area contributed by atoms with Crippen LogP contribution in [0.1, 0.15) is 187 Å². The van der Waals surface area contributed by atoms with Gasteiger partial charge in [-0.1, -0.05) is 27.7 Å². The number of rotatable bonds is 12. The summed E-state index contributed by atoms with van der Waals surface area (Å²) in [6.45, 7) is 28.1. The molecule has 0 aromatic rings. The van der Waals surface area contributed by atoms with Crippen LogP contribution in [-0.4, -0.2) is 110 Å². The predicted octanol–water partition coefficient (Wildman–Crippen LogP) is 8.58. The quantitative estimate of drug-likeness (QED) is 0.100. The second-order valence-corrected chi connectivity index (χ2v) is 29.9. The summed E-state index contributed by atoms with van der Waals surface area (Å²) in [6.07, 6.45) is 9.00. The summed E-state index contributed by atoms with van der Waals surface area (Å²) in [6, 6.07) is 0. The number of hydrogen-bond donors (Lipinski definition) is 0. The Balaban J connectivity index is 0.000000145. The van der Waals surface area contributed by atoms with Gasteiger partial charge in [0.2, 0.25) is 0 Å².